The van der Waals surface area contributed by atoms with Crippen LogP contribution in [0.15, 0.2) is 24.3 Å². The first-order chi connectivity index (χ1) is 17.2. The largest absolute Gasteiger partial charge is 0.470 e. The van der Waals surface area contributed by atoms with Crippen molar-refractivity contribution >= 4 is 11.6 Å². The minimum Gasteiger partial charge on any atom is -0.470 e. The molecule has 5 aliphatic rings. The van der Waals surface area contributed by atoms with Crippen molar-refractivity contribution in [3.05, 3.63) is 24.3 Å². The van der Waals surface area contributed by atoms with Crippen LogP contribution < -0.4 is 9.64 Å². The number of anilines is 1. The minimum absolute atomic E-state index is 0.163. The first kappa shape index (κ1) is 24.7. The summed E-state index contributed by atoms with van der Waals surface area (Å²) in [5, 5.41) is 21.8. The van der Waals surface area contributed by atoms with E-state index in [9.17, 15) is 15.0 Å². The number of carbonyl (C=O) groups is 1. The molecule has 4 aliphatic carbocycles. The summed E-state index contributed by atoms with van der Waals surface area (Å²) in [6.07, 6.45) is 9.74. The highest BCUT2D eigenvalue weighted by Gasteiger charge is 2.62. The van der Waals surface area contributed by atoms with Gasteiger partial charge in [0.2, 0.25) is 5.91 Å². The van der Waals surface area contributed by atoms with Crippen LogP contribution in [-0.2, 0) is 4.79 Å². The van der Waals surface area contributed by atoms with Gasteiger partial charge in [-0.2, -0.15) is 0 Å². The molecule has 5 nitrogen and oxygen atoms in total. The number of benzene rings is 1. The number of carbonyl (C=O) groups excluding carboxylic acids is 1. The summed E-state index contributed by atoms with van der Waals surface area (Å²) in [4.78, 5) is 14.9. The second kappa shape index (κ2) is 9.01. The van der Waals surface area contributed by atoms with Gasteiger partial charge in [0.15, 0.2) is 6.73 Å². The number of ether oxygens (including phenoxy) is 1. The number of rotatable bonds is 4. The molecule has 0 spiro atoms. The molecule has 1 aromatic rings. The second-order valence-corrected chi connectivity index (χ2v) is 13.5. The van der Waals surface area contributed by atoms with Gasteiger partial charge >= 0.3 is 0 Å². The van der Waals surface area contributed by atoms with Crippen molar-refractivity contribution in [3.8, 4) is 5.75 Å². The van der Waals surface area contributed by atoms with E-state index < -0.39 is 0 Å². The van der Waals surface area contributed by atoms with E-state index in [0.717, 1.165) is 43.5 Å². The molecular weight excluding hydrogens is 450 g/mol. The van der Waals surface area contributed by atoms with Gasteiger partial charge in [0.05, 0.1) is 17.9 Å². The summed E-state index contributed by atoms with van der Waals surface area (Å²) in [6, 6.07) is 7.81. The predicted octanol–water partition coefficient (Wildman–Crippen LogP) is 5.78. The molecule has 1 amide bonds. The van der Waals surface area contributed by atoms with E-state index in [4.69, 9.17) is 4.74 Å². The fraction of sp³-hybridized carbons (Fsp3) is 0.774. The fourth-order valence-corrected chi connectivity index (χ4v) is 10.1. The third-order valence-electron chi connectivity index (χ3n) is 12.0. The molecule has 0 bridgehead atoms. The Kier molecular flexibility index (Phi) is 6.19. The van der Waals surface area contributed by atoms with Crippen molar-refractivity contribution in [1.82, 2.24) is 0 Å². The maximum Gasteiger partial charge on any atom is 0.229 e. The van der Waals surface area contributed by atoms with Crippen LogP contribution in [0.5, 0.6) is 5.75 Å². The van der Waals surface area contributed by atoms with Gasteiger partial charge in [-0.3, -0.25) is 9.69 Å². The molecule has 4 fully saturated rings. The van der Waals surface area contributed by atoms with E-state index in [2.05, 4.69) is 20.8 Å². The standard InChI is InChI=1S/C31H45NO4/c1-19(8-11-28(35)32-18-36-27-7-5-4-6-25(27)32)22-9-10-23-29-24(13-15-31(22,23)3)30(2)14-12-21(33)16-20(30)17-26(29)34/h4-7,19-24,26,29,33-34H,8-18H2,1-3H3/t19-,20+,21-,22-,23+,24+,26+,29+,30+,31-/m1/s1. The van der Waals surface area contributed by atoms with E-state index in [1.165, 1.54) is 25.7 Å². The Morgan fingerprint density at radius 3 is 2.64 bits per heavy atom. The Morgan fingerprint density at radius 2 is 1.81 bits per heavy atom. The van der Waals surface area contributed by atoms with E-state index in [-0.39, 0.29) is 28.9 Å². The first-order valence-electron chi connectivity index (χ1n) is 14.6. The number of aliphatic hydroxyl groups excluding tert-OH is 2. The molecule has 4 saturated carbocycles. The summed E-state index contributed by atoms with van der Waals surface area (Å²) in [7, 11) is 0. The molecule has 1 heterocycles. The van der Waals surface area contributed by atoms with Crippen LogP contribution in [0, 0.1) is 46.3 Å². The highest BCUT2D eigenvalue weighted by Crippen LogP contribution is 2.68. The normalized spacial score (nSPS) is 44.1. The van der Waals surface area contributed by atoms with E-state index in [1.54, 1.807) is 4.90 Å². The van der Waals surface area contributed by atoms with E-state index in [0.29, 0.717) is 48.7 Å². The predicted molar refractivity (Wildman–Crippen MR) is 140 cm³/mol. The highest BCUT2D eigenvalue weighted by molar-refractivity contribution is 5.95. The van der Waals surface area contributed by atoms with Gasteiger partial charge in [0.25, 0.3) is 0 Å². The lowest BCUT2D eigenvalue weighted by Crippen LogP contribution is -2.58. The first-order valence-corrected chi connectivity index (χ1v) is 14.6. The summed E-state index contributed by atoms with van der Waals surface area (Å²) in [5.74, 6) is 4.10. The van der Waals surface area contributed by atoms with Crippen LogP contribution in [0.25, 0.3) is 0 Å². The van der Waals surface area contributed by atoms with Crippen molar-refractivity contribution in [2.45, 2.75) is 97.2 Å². The van der Waals surface area contributed by atoms with Crippen LogP contribution in [0.2, 0.25) is 0 Å². The molecule has 1 aliphatic heterocycles. The maximum atomic E-state index is 13.1. The number of nitrogens with zero attached hydrogens (tertiary/aromatic N) is 1. The molecule has 0 unspecified atom stereocenters. The summed E-state index contributed by atoms with van der Waals surface area (Å²) >= 11 is 0. The molecule has 1 aromatic carbocycles. The lowest BCUT2D eigenvalue weighted by atomic mass is 9.43. The average Bonchev–Trinajstić information content (AvgIpc) is 3.44. The van der Waals surface area contributed by atoms with Gasteiger partial charge in [0, 0.05) is 6.42 Å². The lowest BCUT2D eigenvalue weighted by molar-refractivity contribution is -0.174. The Morgan fingerprint density at radius 1 is 1.06 bits per heavy atom. The number of para-hydroxylation sites is 2. The Balaban J connectivity index is 1.13. The third kappa shape index (κ3) is 3.74. The molecular formula is C31H45NO4. The molecule has 10 atom stereocenters. The molecule has 198 valence electrons. The fourth-order valence-electron chi connectivity index (χ4n) is 10.1. The average molecular weight is 496 g/mol. The zero-order chi connectivity index (χ0) is 25.2. The van der Waals surface area contributed by atoms with Gasteiger partial charge in [-0.05, 0) is 116 Å². The third-order valence-corrected chi connectivity index (χ3v) is 12.0. The van der Waals surface area contributed by atoms with Crippen LogP contribution >= 0.6 is 0 Å². The second-order valence-electron chi connectivity index (χ2n) is 13.5. The van der Waals surface area contributed by atoms with E-state index >= 15 is 0 Å². The minimum atomic E-state index is -0.228. The summed E-state index contributed by atoms with van der Waals surface area (Å²) < 4.78 is 5.71. The molecule has 6 rings (SSSR count). The smallest absolute Gasteiger partial charge is 0.229 e. The summed E-state index contributed by atoms with van der Waals surface area (Å²) in [5.41, 5.74) is 1.43. The van der Waals surface area contributed by atoms with Crippen molar-refractivity contribution in [2.75, 3.05) is 11.6 Å². The van der Waals surface area contributed by atoms with E-state index in [1.807, 2.05) is 24.3 Å². The van der Waals surface area contributed by atoms with Gasteiger partial charge < -0.3 is 14.9 Å². The molecule has 2 N–H and O–H groups in total. The monoisotopic (exact) mass is 495 g/mol. The maximum absolute atomic E-state index is 13.1. The zero-order valence-corrected chi connectivity index (χ0v) is 22.4. The van der Waals surface area contributed by atoms with Gasteiger partial charge in [0.1, 0.15) is 5.75 Å². The van der Waals surface area contributed by atoms with Gasteiger partial charge in [-0.25, -0.2) is 0 Å². The lowest BCUT2D eigenvalue weighted by Gasteiger charge is -2.62. The number of hydrogen-bond acceptors (Lipinski definition) is 4. The number of amides is 1. The van der Waals surface area contributed by atoms with Gasteiger partial charge in [-0.15, -0.1) is 0 Å². The van der Waals surface area contributed by atoms with Crippen LogP contribution in [0.4, 0.5) is 5.69 Å². The molecule has 36 heavy (non-hydrogen) atoms. The van der Waals surface area contributed by atoms with Gasteiger partial charge in [-0.1, -0.05) is 32.9 Å². The zero-order valence-electron chi connectivity index (χ0n) is 22.4. The molecule has 5 heteroatoms. The van der Waals surface area contributed by atoms with Crippen molar-refractivity contribution in [1.29, 1.82) is 0 Å². The van der Waals surface area contributed by atoms with Crippen LogP contribution in [0.1, 0.15) is 85.0 Å². The Hall–Kier alpha value is -1.59. The number of fused-ring (bicyclic) bond motifs is 6. The number of hydrogen-bond donors (Lipinski definition) is 2. The van der Waals surface area contributed by atoms with Crippen LogP contribution in [0.3, 0.4) is 0 Å². The summed E-state index contributed by atoms with van der Waals surface area (Å²) in [6.45, 7) is 7.69. The Bertz CT molecular complexity index is 997. The van der Waals surface area contributed by atoms with Crippen LogP contribution in [-0.4, -0.2) is 35.1 Å². The quantitative estimate of drug-likeness (QED) is 0.556. The van der Waals surface area contributed by atoms with Crippen molar-refractivity contribution in [2.24, 2.45) is 46.3 Å². The molecule has 0 saturated heterocycles. The van der Waals surface area contributed by atoms with Crippen molar-refractivity contribution in [3.63, 3.8) is 0 Å². The highest BCUT2D eigenvalue weighted by atomic mass is 16.5. The SMILES string of the molecule is C[C@H](CCC(=O)N1COc2ccccc21)[C@H]1CC[C@H]2[C@@H]3[C@@H](O)C[C@@H]4C[C@H](O)CC[C@]4(C)[C@H]3CC[C@]12C. The topological polar surface area (TPSA) is 70.0 Å². The Labute approximate surface area is 216 Å². The molecule has 0 radical (unpaired) electrons. The molecule has 0 aromatic heterocycles. The van der Waals surface area contributed by atoms with Crippen molar-refractivity contribution < 1.29 is 19.7 Å². The number of aliphatic hydroxyl groups is 2.